The van der Waals surface area contributed by atoms with Gasteiger partial charge in [0.1, 0.15) is 0 Å². The molecule has 0 aliphatic carbocycles. The van der Waals surface area contributed by atoms with Crippen LogP contribution in [0.3, 0.4) is 0 Å². The van der Waals surface area contributed by atoms with E-state index in [0.717, 1.165) is 6.42 Å². The molecule has 2 atom stereocenters. The first-order valence-electron chi connectivity index (χ1n) is 6.16. The lowest BCUT2D eigenvalue weighted by atomic mass is 10.1. The summed E-state index contributed by atoms with van der Waals surface area (Å²) in [6.45, 7) is 5.64. The summed E-state index contributed by atoms with van der Waals surface area (Å²) < 4.78 is 5.03. The van der Waals surface area contributed by atoms with E-state index in [-0.39, 0.29) is 23.8 Å². The van der Waals surface area contributed by atoms with E-state index in [1.807, 2.05) is 13.8 Å². The number of methoxy groups -OCH3 is 1. The molecule has 1 saturated heterocycles. The minimum atomic E-state index is -0.201. The van der Waals surface area contributed by atoms with Gasteiger partial charge in [0.05, 0.1) is 18.6 Å². The fourth-order valence-corrected chi connectivity index (χ4v) is 2.06. The van der Waals surface area contributed by atoms with Crippen LogP contribution in [0.2, 0.25) is 0 Å². The minimum absolute atomic E-state index is 0.00711. The zero-order valence-electron chi connectivity index (χ0n) is 10.9. The Bertz CT molecular complexity index is 279. The van der Waals surface area contributed by atoms with Crippen LogP contribution in [0, 0.1) is 5.92 Å². The Hall–Kier alpha value is -1.10. The maximum atomic E-state index is 11.8. The van der Waals surface area contributed by atoms with Crippen molar-refractivity contribution in [1.82, 2.24) is 10.2 Å². The van der Waals surface area contributed by atoms with Crippen LogP contribution in [0.4, 0.5) is 0 Å². The molecule has 0 aromatic heterocycles. The topological polar surface area (TPSA) is 58.6 Å². The van der Waals surface area contributed by atoms with E-state index in [1.165, 1.54) is 0 Å². The molecule has 1 heterocycles. The van der Waals surface area contributed by atoms with Gasteiger partial charge >= 0.3 is 0 Å². The average Bonchev–Trinajstić information content (AvgIpc) is 2.68. The molecule has 17 heavy (non-hydrogen) atoms. The summed E-state index contributed by atoms with van der Waals surface area (Å²) in [5.41, 5.74) is 0. The summed E-state index contributed by atoms with van der Waals surface area (Å²) >= 11 is 0. The summed E-state index contributed by atoms with van der Waals surface area (Å²) in [4.78, 5) is 25.3. The summed E-state index contributed by atoms with van der Waals surface area (Å²) in [5, 5.41) is 2.84. The molecule has 1 aliphatic rings. The number of amides is 2. The lowest BCUT2D eigenvalue weighted by Crippen LogP contribution is -2.39. The van der Waals surface area contributed by atoms with Gasteiger partial charge in [-0.3, -0.25) is 9.59 Å². The molecule has 0 unspecified atom stereocenters. The highest BCUT2D eigenvalue weighted by atomic mass is 16.5. The maximum absolute atomic E-state index is 11.8. The van der Waals surface area contributed by atoms with E-state index in [4.69, 9.17) is 4.74 Å². The quantitative estimate of drug-likeness (QED) is 0.733. The van der Waals surface area contributed by atoms with Crippen molar-refractivity contribution in [1.29, 1.82) is 0 Å². The minimum Gasteiger partial charge on any atom is -0.383 e. The Morgan fingerprint density at radius 1 is 1.65 bits per heavy atom. The number of rotatable bonds is 6. The van der Waals surface area contributed by atoms with Gasteiger partial charge < -0.3 is 15.0 Å². The molecule has 1 fully saturated rings. The molecule has 0 radical (unpaired) electrons. The summed E-state index contributed by atoms with van der Waals surface area (Å²) in [5.74, 6) is -0.160. The first kappa shape index (κ1) is 14.0. The molecule has 98 valence electrons. The number of likely N-dealkylation sites (tertiary alicyclic amines) is 1. The molecule has 0 saturated carbocycles. The molecular formula is C12H22N2O3. The Balaban J connectivity index is 2.48. The van der Waals surface area contributed by atoms with Crippen LogP contribution in [0.5, 0.6) is 0 Å². The van der Waals surface area contributed by atoms with Gasteiger partial charge in [0.25, 0.3) is 0 Å². The molecule has 5 heteroatoms. The first-order valence-corrected chi connectivity index (χ1v) is 6.16. The lowest BCUT2D eigenvalue weighted by molar-refractivity contribution is -0.130. The van der Waals surface area contributed by atoms with Gasteiger partial charge in [-0.05, 0) is 13.3 Å². The van der Waals surface area contributed by atoms with Crippen molar-refractivity contribution in [3.63, 3.8) is 0 Å². The molecular weight excluding hydrogens is 220 g/mol. The van der Waals surface area contributed by atoms with Crippen LogP contribution in [0.1, 0.15) is 26.7 Å². The van der Waals surface area contributed by atoms with E-state index in [1.54, 1.807) is 12.0 Å². The molecule has 0 aromatic carbocycles. The van der Waals surface area contributed by atoms with Crippen LogP contribution < -0.4 is 5.32 Å². The van der Waals surface area contributed by atoms with Crippen molar-refractivity contribution < 1.29 is 14.3 Å². The molecule has 1 aliphatic heterocycles. The van der Waals surface area contributed by atoms with Gasteiger partial charge in [-0.25, -0.2) is 0 Å². The Kier molecular flexibility index (Phi) is 5.41. The van der Waals surface area contributed by atoms with Crippen molar-refractivity contribution >= 4 is 11.8 Å². The zero-order valence-corrected chi connectivity index (χ0v) is 10.9. The standard InChI is InChI=1S/C12H22N2O3/c1-4-5-13-12(16)10-6-11(15)14(7-10)9(2)8-17-3/h9-10H,4-8H2,1-3H3,(H,13,16)/t9-,10-/m0/s1. The van der Waals surface area contributed by atoms with Crippen molar-refractivity contribution in [3.8, 4) is 0 Å². The van der Waals surface area contributed by atoms with Crippen LogP contribution >= 0.6 is 0 Å². The number of hydrogen-bond acceptors (Lipinski definition) is 3. The summed E-state index contributed by atoms with van der Waals surface area (Å²) in [6, 6.07) is 0.0384. The van der Waals surface area contributed by atoms with Gasteiger partial charge in [-0.1, -0.05) is 6.92 Å². The highest BCUT2D eigenvalue weighted by Crippen LogP contribution is 2.20. The number of ether oxygens (including phenoxy) is 1. The number of nitrogens with zero attached hydrogens (tertiary/aromatic N) is 1. The SMILES string of the molecule is CCCNC(=O)[C@H]1CC(=O)N([C@@H](C)COC)C1. The second-order valence-corrected chi connectivity index (χ2v) is 4.54. The average molecular weight is 242 g/mol. The molecule has 5 nitrogen and oxygen atoms in total. The molecule has 2 amide bonds. The van der Waals surface area contributed by atoms with E-state index in [0.29, 0.717) is 26.1 Å². The van der Waals surface area contributed by atoms with Gasteiger partial charge in [-0.2, -0.15) is 0 Å². The Morgan fingerprint density at radius 2 is 2.35 bits per heavy atom. The zero-order chi connectivity index (χ0) is 12.8. The van der Waals surface area contributed by atoms with Crippen molar-refractivity contribution in [2.24, 2.45) is 5.92 Å². The van der Waals surface area contributed by atoms with Gasteiger partial charge in [0.2, 0.25) is 11.8 Å². The predicted molar refractivity (Wildman–Crippen MR) is 64.5 cm³/mol. The highest BCUT2D eigenvalue weighted by molar-refractivity contribution is 5.89. The number of hydrogen-bond donors (Lipinski definition) is 1. The van der Waals surface area contributed by atoms with Crippen LogP contribution in [-0.2, 0) is 14.3 Å². The van der Waals surface area contributed by atoms with Crippen LogP contribution in [0.25, 0.3) is 0 Å². The normalized spacial score (nSPS) is 21.7. The van der Waals surface area contributed by atoms with Gasteiger partial charge in [-0.15, -0.1) is 0 Å². The lowest BCUT2D eigenvalue weighted by Gasteiger charge is -2.23. The van der Waals surface area contributed by atoms with E-state index in [2.05, 4.69) is 5.32 Å². The summed E-state index contributed by atoms with van der Waals surface area (Å²) in [7, 11) is 1.61. The van der Waals surface area contributed by atoms with Crippen LogP contribution in [0.15, 0.2) is 0 Å². The molecule has 0 spiro atoms. The second kappa shape index (κ2) is 6.59. The fraction of sp³-hybridized carbons (Fsp3) is 0.833. The second-order valence-electron chi connectivity index (χ2n) is 4.54. The van der Waals surface area contributed by atoms with Crippen molar-refractivity contribution in [2.75, 3.05) is 26.8 Å². The first-order chi connectivity index (χ1) is 8.10. The van der Waals surface area contributed by atoms with Crippen molar-refractivity contribution in [2.45, 2.75) is 32.7 Å². The highest BCUT2D eigenvalue weighted by Gasteiger charge is 2.36. The third-order valence-electron chi connectivity index (χ3n) is 3.02. The van der Waals surface area contributed by atoms with E-state index >= 15 is 0 Å². The third kappa shape index (κ3) is 3.70. The van der Waals surface area contributed by atoms with Gasteiger partial charge in [0.15, 0.2) is 0 Å². The summed E-state index contributed by atoms with van der Waals surface area (Å²) in [6.07, 6.45) is 1.24. The molecule has 1 N–H and O–H groups in total. The largest absolute Gasteiger partial charge is 0.383 e. The third-order valence-corrected chi connectivity index (χ3v) is 3.02. The van der Waals surface area contributed by atoms with Gasteiger partial charge in [0, 0.05) is 26.6 Å². The van der Waals surface area contributed by atoms with E-state index < -0.39 is 0 Å². The molecule has 0 bridgehead atoms. The maximum Gasteiger partial charge on any atom is 0.225 e. The number of nitrogens with one attached hydrogen (secondary N) is 1. The molecule has 0 aromatic rings. The monoisotopic (exact) mass is 242 g/mol. The molecule has 1 rings (SSSR count). The fourth-order valence-electron chi connectivity index (χ4n) is 2.06. The predicted octanol–water partition coefficient (Wildman–Crippen LogP) is 0.396. The van der Waals surface area contributed by atoms with Crippen LogP contribution in [-0.4, -0.2) is 49.6 Å². The number of carbonyl (C=O) groups is 2. The smallest absolute Gasteiger partial charge is 0.225 e. The van der Waals surface area contributed by atoms with Crippen molar-refractivity contribution in [3.05, 3.63) is 0 Å². The number of carbonyl (C=O) groups excluding carboxylic acids is 2. The Morgan fingerprint density at radius 3 is 2.94 bits per heavy atom. The Labute approximate surface area is 102 Å². The van der Waals surface area contributed by atoms with E-state index in [9.17, 15) is 9.59 Å².